The molecular formula is C36H33NO. The van der Waals surface area contributed by atoms with E-state index in [1.54, 1.807) is 0 Å². The topological polar surface area (TPSA) is 12.5 Å². The second-order valence-electron chi connectivity index (χ2n) is 10.3. The molecule has 0 aromatic heterocycles. The molecule has 0 heterocycles. The van der Waals surface area contributed by atoms with Crippen LogP contribution in [0.2, 0.25) is 0 Å². The van der Waals surface area contributed by atoms with Gasteiger partial charge in [0.2, 0.25) is 0 Å². The number of rotatable bonds is 8. The number of hydrogen-bond donors (Lipinski definition) is 0. The Hall–Kier alpha value is -4.30. The highest BCUT2D eigenvalue weighted by molar-refractivity contribution is 5.78. The fourth-order valence-electron chi connectivity index (χ4n) is 5.07. The summed E-state index contributed by atoms with van der Waals surface area (Å²) in [4.78, 5) is 2.30. The maximum atomic E-state index is 6.05. The van der Waals surface area contributed by atoms with Crippen molar-refractivity contribution < 1.29 is 4.74 Å². The molecule has 0 N–H and O–H groups in total. The van der Waals surface area contributed by atoms with Crippen molar-refractivity contribution in [2.75, 3.05) is 11.5 Å². The molecule has 1 aliphatic carbocycles. The van der Waals surface area contributed by atoms with Crippen LogP contribution in [-0.2, 0) is 19.3 Å². The van der Waals surface area contributed by atoms with E-state index in [2.05, 4.69) is 134 Å². The molecule has 0 saturated carbocycles. The van der Waals surface area contributed by atoms with Gasteiger partial charge in [0.25, 0.3) is 0 Å². The summed E-state index contributed by atoms with van der Waals surface area (Å²) < 4.78 is 6.05. The van der Waals surface area contributed by atoms with Crippen LogP contribution in [0.25, 0.3) is 11.1 Å². The van der Waals surface area contributed by atoms with Crippen molar-refractivity contribution >= 4 is 17.1 Å². The van der Waals surface area contributed by atoms with Crippen LogP contribution in [0.15, 0.2) is 115 Å². The molecule has 0 spiro atoms. The Labute approximate surface area is 226 Å². The first kappa shape index (κ1) is 24.1. The minimum atomic E-state index is 0.695. The van der Waals surface area contributed by atoms with Crippen molar-refractivity contribution in [1.29, 1.82) is 0 Å². The Kier molecular flexibility index (Phi) is 6.71. The highest BCUT2D eigenvalue weighted by Crippen LogP contribution is 2.36. The molecule has 6 rings (SSSR count). The van der Waals surface area contributed by atoms with Crippen molar-refractivity contribution in [2.24, 2.45) is 0 Å². The molecular weight excluding hydrogens is 462 g/mol. The van der Waals surface area contributed by atoms with Crippen LogP contribution in [0.1, 0.15) is 27.8 Å². The third-order valence-corrected chi connectivity index (χ3v) is 7.49. The highest BCUT2D eigenvalue weighted by Gasteiger charge is 2.14. The number of fused-ring (bicyclic) bond motifs is 1. The standard InChI is InChI=1S/C36H33NO/c1-26-3-15-33(16-4-26)37(34-17-5-27(2)6-18-34)35-19-11-29(12-20-35)30-13-21-36(22-14-30)38-24-23-28-7-8-31-9-10-32(31)25-28/h3-8,11-22,25H,9-10,23-24H2,1-2H3. The van der Waals surface area contributed by atoms with E-state index in [0.717, 1.165) is 29.2 Å². The van der Waals surface area contributed by atoms with Crippen LogP contribution in [-0.4, -0.2) is 6.61 Å². The van der Waals surface area contributed by atoms with Crippen LogP contribution >= 0.6 is 0 Å². The molecule has 0 unspecified atom stereocenters. The molecule has 0 bridgehead atoms. The van der Waals surface area contributed by atoms with Gasteiger partial charge in [-0.25, -0.2) is 0 Å². The van der Waals surface area contributed by atoms with Crippen LogP contribution in [0.3, 0.4) is 0 Å². The molecule has 38 heavy (non-hydrogen) atoms. The van der Waals surface area contributed by atoms with Crippen molar-refractivity contribution in [2.45, 2.75) is 33.1 Å². The first-order chi connectivity index (χ1) is 18.6. The van der Waals surface area contributed by atoms with Crippen molar-refractivity contribution in [3.05, 3.63) is 143 Å². The fourth-order valence-corrected chi connectivity index (χ4v) is 5.07. The lowest BCUT2D eigenvalue weighted by molar-refractivity contribution is 0.322. The van der Waals surface area contributed by atoms with E-state index in [9.17, 15) is 0 Å². The predicted molar refractivity (Wildman–Crippen MR) is 159 cm³/mol. The number of anilines is 3. The minimum absolute atomic E-state index is 0.695. The molecule has 2 heteroatoms. The van der Waals surface area contributed by atoms with Crippen molar-refractivity contribution in [3.8, 4) is 16.9 Å². The molecule has 5 aromatic carbocycles. The lowest BCUT2D eigenvalue weighted by Gasteiger charge is -2.26. The van der Waals surface area contributed by atoms with Gasteiger partial charge in [0, 0.05) is 23.5 Å². The smallest absolute Gasteiger partial charge is 0.119 e. The summed E-state index contributed by atoms with van der Waals surface area (Å²) in [6, 6.07) is 41.5. The zero-order chi connectivity index (χ0) is 25.9. The SMILES string of the molecule is Cc1ccc(N(c2ccc(C)cc2)c2ccc(-c3ccc(OCCc4ccc5c(c4)CC5)cc3)cc2)cc1. The fraction of sp³-hybridized carbons (Fsp3) is 0.167. The van der Waals surface area contributed by atoms with E-state index < -0.39 is 0 Å². The summed E-state index contributed by atoms with van der Waals surface area (Å²) in [6.07, 6.45) is 3.40. The third kappa shape index (κ3) is 5.21. The highest BCUT2D eigenvalue weighted by atomic mass is 16.5. The molecule has 0 fully saturated rings. The van der Waals surface area contributed by atoms with E-state index in [-0.39, 0.29) is 0 Å². The van der Waals surface area contributed by atoms with Gasteiger partial charge in [0.15, 0.2) is 0 Å². The van der Waals surface area contributed by atoms with Crippen LogP contribution in [0.4, 0.5) is 17.1 Å². The number of aryl methyl sites for hydroxylation is 4. The van der Waals surface area contributed by atoms with Gasteiger partial charge in [0.05, 0.1) is 6.61 Å². The monoisotopic (exact) mass is 495 g/mol. The summed E-state index contributed by atoms with van der Waals surface area (Å²) in [5.74, 6) is 0.916. The third-order valence-electron chi connectivity index (χ3n) is 7.49. The van der Waals surface area contributed by atoms with Gasteiger partial charge in [0.1, 0.15) is 5.75 Å². The summed E-state index contributed by atoms with van der Waals surface area (Å²) in [6.45, 7) is 4.94. The van der Waals surface area contributed by atoms with Gasteiger partial charge in [-0.2, -0.15) is 0 Å². The Morgan fingerprint density at radius 1 is 0.553 bits per heavy atom. The molecule has 5 aromatic rings. The first-order valence-electron chi connectivity index (χ1n) is 13.5. The average Bonchev–Trinajstić information content (AvgIpc) is 2.93. The van der Waals surface area contributed by atoms with Crippen LogP contribution in [0.5, 0.6) is 5.75 Å². The lowest BCUT2D eigenvalue weighted by Crippen LogP contribution is -2.09. The van der Waals surface area contributed by atoms with Gasteiger partial charge in [-0.15, -0.1) is 0 Å². The molecule has 0 radical (unpaired) electrons. The van der Waals surface area contributed by atoms with E-state index in [0.29, 0.717) is 6.61 Å². The number of nitrogens with zero attached hydrogens (tertiary/aromatic N) is 1. The summed E-state index contributed by atoms with van der Waals surface area (Å²) in [5.41, 5.74) is 12.7. The summed E-state index contributed by atoms with van der Waals surface area (Å²) in [5, 5.41) is 0. The Bertz CT molecular complexity index is 1470. The second kappa shape index (κ2) is 10.6. The van der Waals surface area contributed by atoms with Gasteiger partial charge in [-0.1, -0.05) is 77.9 Å². The van der Waals surface area contributed by atoms with E-state index in [1.807, 2.05) is 0 Å². The van der Waals surface area contributed by atoms with Gasteiger partial charge >= 0.3 is 0 Å². The summed E-state index contributed by atoms with van der Waals surface area (Å²) >= 11 is 0. The summed E-state index contributed by atoms with van der Waals surface area (Å²) in [7, 11) is 0. The molecule has 2 nitrogen and oxygen atoms in total. The molecule has 0 saturated heterocycles. The largest absolute Gasteiger partial charge is 0.493 e. The molecule has 1 aliphatic rings. The minimum Gasteiger partial charge on any atom is -0.493 e. The molecule has 0 aliphatic heterocycles. The van der Waals surface area contributed by atoms with Crippen LogP contribution < -0.4 is 9.64 Å². The predicted octanol–water partition coefficient (Wildman–Crippen LogP) is 9.16. The van der Waals surface area contributed by atoms with E-state index >= 15 is 0 Å². The van der Waals surface area contributed by atoms with Crippen molar-refractivity contribution in [1.82, 2.24) is 0 Å². The zero-order valence-corrected chi connectivity index (χ0v) is 22.2. The van der Waals surface area contributed by atoms with Gasteiger partial charge in [-0.3, -0.25) is 0 Å². The maximum Gasteiger partial charge on any atom is 0.119 e. The normalized spacial score (nSPS) is 11.9. The van der Waals surface area contributed by atoms with Gasteiger partial charge in [-0.05, 0) is 103 Å². The van der Waals surface area contributed by atoms with Crippen LogP contribution in [0, 0.1) is 13.8 Å². The van der Waals surface area contributed by atoms with Crippen molar-refractivity contribution in [3.63, 3.8) is 0 Å². The lowest BCUT2D eigenvalue weighted by atomic mass is 9.87. The Morgan fingerprint density at radius 3 is 1.55 bits per heavy atom. The number of benzene rings is 5. The van der Waals surface area contributed by atoms with Gasteiger partial charge < -0.3 is 9.64 Å². The second-order valence-corrected chi connectivity index (χ2v) is 10.3. The van der Waals surface area contributed by atoms with E-state index in [4.69, 9.17) is 4.74 Å². The Balaban J connectivity index is 1.15. The molecule has 0 atom stereocenters. The number of ether oxygens (including phenoxy) is 1. The first-order valence-corrected chi connectivity index (χ1v) is 13.5. The number of hydrogen-bond acceptors (Lipinski definition) is 2. The zero-order valence-electron chi connectivity index (χ0n) is 22.2. The molecule has 188 valence electrons. The Morgan fingerprint density at radius 2 is 1.05 bits per heavy atom. The van der Waals surface area contributed by atoms with E-state index in [1.165, 1.54) is 51.8 Å². The molecule has 0 amide bonds. The average molecular weight is 496 g/mol. The maximum absolute atomic E-state index is 6.05. The quantitative estimate of drug-likeness (QED) is 0.213.